The predicted molar refractivity (Wildman–Crippen MR) is 218 cm³/mol. The zero-order chi connectivity index (χ0) is 37.8. The summed E-state index contributed by atoms with van der Waals surface area (Å²) in [5, 5.41) is 0. The SMILES string of the molecule is CCCCCCCCCC(CCCCCCCCC)COC(=O)CCCCC(CCCCCC)OC(=O)OCCN(CCN(CC)CC)C(C)C. The van der Waals surface area contributed by atoms with E-state index < -0.39 is 6.16 Å². The predicted octanol–water partition coefficient (Wildman–Crippen LogP) is 12.5. The molecule has 0 aliphatic carbocycles. The fourth-order valence-corrected chi connectivity index (χ4v) is 6.93. The third-order valence-corrected chi connectivity index (χ3v) is 10.6. The van der Waals surface area contributed by atoms with E-state index in [4.69, 9.17) is 14.2 Å². The molecule has 1 unspecified atom stereocenters. The van der Waals surface area contributed by atoms with Crippen molar-refractivity contribution in [1.82, 2.24) is 9.80 Å². The Kier molecular flexibility index (Phi) is 36.0. The lowest BCUT2D eigenvalue weighted by Crippen LogP contribution is -2.40. The van der Waals surface area contributed by atoms with Gasteiger partial charge in [0.25, 0.3) is 0 Å². The highest BCUT2D eigenvalue weighted by Gasteiger charge is 2.18. The van der Waals surface area contributed by atoms with Gasteiger partial charge in [-0.25, -0.2) is 4.79 Å². The Hall–Kier alpha value is -1.34. The third kappa shape index (κ3) is 31.9. The van der Waals surface area contributed by atoms with E-state index in [2.05, 4.69) is 58.3 Å². The van der Waals surface area contributed by atoms with Crippen LogP contribution < -0.4 is 0 Å². The average molecular weight is 725 g/mol. The molecule has 0 fully saturated rings. The summed E-state index contributed by atoms with van der Waals surface area (Å²) in [6.07, 6.45) is 28.3. The van der Waals surface area contributed by atoms with Crippen molar-refractivity contribution in [3.05, 3.63) is 0 Å². The van der Waals surface area contributed by atoms with Crippen LogP contribution in [0.1, 0.15) is 209 Å². The second kappa shape index (κ2) is 37.0. The van der Waals surface area contributed by atoms with Crippen molar-refractivity contribution in [3.63, 3.8) is 0 Å². The Balaban J connectivity index is 4.68. The molecule has 0 rings (SSSR count). The molecule has 0 N–H and O–H groups in total. The van der Waals surface area contributed by atoms with Crippen molar-refractivity contribution in [2.45, 2.75) is 221 Å². The number of rotatable bonds is 38. The van der Waals surface area contributed by atoms with Crippen LogP contribution in [0.15, 0.2) is 0 Å². The zero-order valence-corrected chi connectivity index (χ0v) is 35.3. The smallest absolute Gasteiger partial charge is 0.465 e. The van der Waals surface area contributed by atoms with Crippen LogP contribution in [-0.4, -0.2) is 80.0 Å². The maximum atomic E-state index is 12.8. The van der Waals surface area contributed by atoms with Crippen LogP contribution in [0.2, 0.25) is 0 Å². The highest BCUT2D eigenvalue weighted by Crippen LogP contribution is 2.21. The molecule has 7 nitrogen and oxygen atoms in total. The zero-order valence-electron chi connectivity index (χ0n) is 35.3. The van der Waals surface area contributed by atoms with Crippen LogP contribution in [0.5, 0.6) is 0 Å². The summed E-state index contributed by atoms with van der Waals surface area (Å²) in [6.45, 7) is 21.2. The van der Waals surface area contributed by atoms with Gasteiger partial charge in [0.15, 0.2) is 0 Å². The standard InChI is InChI=1S/C44H88N2O5/c1-8-13-16-19-21-23-25-30-41(31-26-24-22-20-17-14-9-2)39-50-43(47)34-29-28-33-42(32-27-18-15-10-3)51-44(48)49-38-37-46(40(6)7)36-35-45(11-4)12-5/h40-42H,8-39H2,1-7H3. The second-order valence-electron chi connectivity index (χ2n) is 15.5. The van der Waals surface area contributed by atoms with Crippen molar-refractivity contribution < 1.29 is 23.8 Å². The minimum absolute atomic E-state index is 0.0744. The van der Waals surface area contributed by atoms with Crippen molar-refractivity contribution in [2.75, 3.05) is 45.9 Å². The van der Waals surface area contributed by atoms with E-state index in [1.807, 2.05) is 0 Å². The molecule has 0 bridgehead atoms. The number of ether oxygens (including phenoxy) is 3. The van der Waals surface area contributed by atoms with Crippen molar-refractivity contribution in [2.24, 2.45) is 5.92 Å². The molecule has 7 heteroatoms. The molecule has 0 aromatic carbocycles. The first-order valence-electron chi connectivity index (χ1n) is 22.3. The first kappa shape index (κ1) is 49.7. The minimum atomic E-state index is -0.560. The number of likely N-dealkylation sites (N-methyl/N-ethyl adjacent to an activating group) is 1. The molecule has 0 heterocycles. The summed E-state index contributed by atoms with van der Waals surface area (Å²) < 4.78 is 17.3. The van der Waals surface area contributed by atoms with Crippen LogP contribution in [0.3, 0.4) is 0 Å². The molecular weight excluding hydrogens is 636 g/mol. The summed E-state index contributed by atoms with van der Waals surface area (Å²) in [5.41, 5.74) is 0. The van der Waals surface area contributed by atoms with Crippen LogP contribution in [0, 0.1) is 5.92 Å². The molecule has 0 spiro atoms. The molecule has 1 atom stereocenters. The van der Waals surface area contributed by atoms with Gasteiger partial charge in [-0.1, -0.05) is 144 Å². The van der Waals surface area contributed by atoms with Crippen LogP contribution >= 0.6 is 0 Å². The fourth-order valence-electron chi connectivity index (χ4n) is 6.93. The van der Waals surface area contributed by atoms with Gasteiger partial charge in [-0.15, -0.1) is 0 Å². The first-order valence-corrected chi connectivity index (χ1v) is 22.3. The Morgan fingerprint density at radius 2 is 1.00 bits per heavy atom. The van der Waals surface area contributed by atoms with Gasteiger partial charge in [-0.05, 0) is 77.8 Å². The minimum Gasteiger partial charge on any atom is -0.465 e. The molecular formula is C44H88N2O5. The molecule has 51 heavy (non-hydrogen) atoms. The first-order chi connectivity index (χ1) is 24.8. The van der Waals surface area contributed by atoms with Crippen molar-refractivity contribution >= 4 is 12.1 Å². The highest BCUT2D eigenvalue weighted by molar-refractivity contribution is 5.69. The van der Waals surface area contributed by atoms with E-state index in [-0.39, 0.29) is 12.1 Å². The van der Waals surface area contributed by atoms with Crippen molar-refractivity contribution in [3.8, 4) is 0 Å². The lowest BCUT2D eigenvalue weighted by Gasteiger charge is -2.29. The summed E-state index contributed by atoms with van der Waals surface area (Å²) >= 11 is 0. The molecule has 0 aromatic rings. The molecule has 0 aromatic heterocycles. The largest absolute Gasteiger partial charge is 0.508 e. The Bertz CT molecular complexity index is 742. The van der Waals surface area contributed by atoms with Crippen LogP contribution in [-0.2, 0) is 19.0 Å². The molecule has 0 amide bonds. The normalized spacial score (nSPS) is 12.4. The second-order valence-corrected chi connectivity index (χ2v) is 15.5. The number of carbonyl (C=O) groups is 2. The lowest BCUT2D eigenvalue weighted by atomic mass is 9.94. The van der Waals surface area contributed by atoms with Gasteiger partial charge in [-0.2, -0.15) is 0 Å². The Morgan fingerprint density at radius 3 is 1.51 bits per heavy atom. The van der Waals surface area contributed by atoms with Gasteiger partial charge < -0.3 is 19.1 Å². The number of carbonyl (C=O) groups excluding carboxylic acids is 2. The van der Waals surface area contributed by atoms with Gasteiger partial charge in [0.2, 0.25) is 0 Å². The average Bonchev–Trinajstić information content (AvgIpc) is 3.12. The summed E-state index contributed by atoms with van der Waals surface area (Å²) in [6, 6.07) is 0.388. The lowest BCUT2D eigenvalue weighted by molar-refractivity contribution is -0.145. The van der Waals surface area contributed by atoms with Gasteiger partial charge in [0.1, 0.15) is 12.7 Å². The molecule has 0 saturated carbocycles. The number of esters is 1. The number of hydrogen-bond acceptors (Lipinski definition) is 7. The number of hydrogen-bond donors (Lipinski definition) is 0. The molecule has 0 aliphatic heterocycles. The quantitative estimate of drug-likeness (QED) is 0.0464. The van der Waals surface area contributed by atoms with E-state index in [1.165, 1.54) is 116 Å². The topological polar surface area (TPSA) is 68.3 Å². The van der Waals surface area contributed by atoms with Gasteiger partial charge >= 0.3 is 12.1 Å². The molecule has 0 radical (unpaired) electrons. The monoisotopic (exact) mass is 725 g/mol. The maximum absolute atomic E-state index is 12.8. The maximum Gasteiger partial charge on any atom is 0.508 e. The number of nitrogens with zero attached hydrogens (tertiary/aromatic N) is 2. The van der Waals surface area contributed by atoms with E-state index >= 15 is 0 Å². The number of unbranched alkanes of at least 4 members (excludes halogenated alkanes) is 16. The fraction of sp³-hybridized carbons (Fsp3) is 0.955. The van der Waals surface area contributed by atoms with Gasteiger partial charge in [0, 0.05) is 32.1 Å². The van der Waals surface area contributed by atoms with Crippen molar-refractivity contribution in [1.29, 1.82) is 0 Å². The summed E-state index contributed by atoms with van der Waals surface area (Å²) in [7, 11) is 0. The summed E-state index contributed by atoms with van der Waals surface area (Å²) in [4.78, 5) is 30.3. The Morgan fingerprint density at radius 1 is 0.529 bits per heavy atom. The van der Waals surface area contributed by atoms with E-state index in [9.17, 15) is 9.59 Å². The third-order valence-electron chi connectivity index (χ3n) is 10.6. The molecule has 304 valence electrons. The van der Waals surface area contributed by atoms with Crippen LogP contribution in [0.25, 0.3) is 0 Å². The Labute approximate surface area is 318 Å². The van der Waals surface area contributed by atoms with Crippen LogP contribution in [0.4, 0.5) is 4.79 Å². The van der Waals surface area contributed by atoms with Gasteiger partial charge in [-0.3, -0.25) is 9.69 Å². The molecule has 0 aliphatic rings. The van der Waals surface area contributed by atoms with E-state index in [0.717, 1.165) is 64.7 Å². The van der Waals surface area contributed by atoms with E-state index in [1.54, 1.807) is 0 Å². The summed E-state index contributed by atoms with van der Waals surface area (Å²) in [5.74, 6) is 0.414. The highest BCUT2D eigenvalue weighted by atomic mass is 16.7. The van der Waals surface area contributed by atoms with Gasteiger partial charge in [0.05, 0.1) is 6.61 Å². The molecule has 0 saturated heterocycles. The van der Waals surface area contributed by atoms with E-state index in [0.29, 0.717) is 38.1 Å².